The lowest BCUT2D eigenvalue weighted by molar-refractivity contribution is -0.133. The zero-order valence-electron chi connectivity index (χ0n) is 19.8. The summed E-state index contributed by atoms with van der Waals surface area (Å²) < 4.78 is 5.24. The summed E-state index contributed by atoms with van der Waals surface area (Å²) in [5.74, 6) is -1.54. The summed E-state index contributed by atoms with van der Waals surface area (Å²) in [6.45, 7) is 3.72. The average molecular weight is 464 g/mol. The summed E-state index contributed by atoms with van der Waals surface area (Å²) in [4.78, 5) is 43.4. The van der Waals surface area contributed by atoms with Crippen molar-refractivity contribution in [1.29, 1.82) is 0 Å². The lowest BCUT2D eigenvalue weighted by atomic mass is 9.63. The number of hydrogen-bond acceptors (Lipinski definition) is 4. The van der Waals surface area contributed by atoms with Crippen molar-refractivity contribution >= 4 is 34.4 Å². The van der Waals surface area contributed by atoms with E-state index >= 15 is 0 Å². The summed E-state index contributed by atoms with van der Waals surface area (Å²) in [6.07, 6.45) is 0. The number of amides is 2. The van der Waals surface area contributed by atoms with E-state index in [0.717, 1.165) is 22.3 Å². The first-order chi connectivity index (χ1) is 16.8. The fraction of sp³-hybridized carbons (Fsp3) is 0.233. The van der Waals surface area contributed by atoms with Crippen molar-refractivity contribution in [2.75, 3.05) is 12.0 Å². The van der Waals surface area contributed by atoms with Gasteiger partial charge in [0.1, 0.15) is 5.75 Å². The Morgan fingerprint density at radius 1 is 0.657 bits per heavy atom. The third-order valence-corrected chi connectivity index (χ3v) is 8.24. The van der Waals surface area contributed by atoms with E-state index in [0.29, 0.717) is 11.4 Å². The van der Waals surface area contributed by atoms with Gasteiger partial charge in [-0.15, -0.1) is 0 Å². The molecule has 1 saturated heterocycles. The van der Waals surface area contributed by atoms with E-state index in [-0.39, 0.29) is 17.6 Å². The van der Waals surface area contributed by atoms with Gasteiger partial charge in [-0.25, -0.2) is 4.90 Å². The fourth-order valence-corrected chi connectivity index (χ4v) is 6.80. The topological polar surface area (TPSA) is 63.7 Å². The number of benzene rings is 3. The number of rotatable bonds is 4. The molecule has 5 nitrogen and oxygen atoms in total. The highest BCUT2D eigenvalue weighted by molar-refractivity contribution is 6.34. The summed E-state index contributed by atoms with van der Waals surface area (Å²) in [6, 6.07) is 26.5. The second kappa shape index (κ2) is 7.25. The molecule has 0 unspecified atom stereocenters. The van der Waals surface area contributed by atoms with Crippen LogP contribution < -0.4 is 9.64 Å². The first kappa shape index (κ1) is 21.5. The van der Waals surface area contributed by atoms with Crippen LogP contribution in [0.5, 0.6) is 5.75 Å². The molecule has 2 aliphatic carbocycles. The normalized spacial score (nSPS) is 29.2. The molecule has 5 heteroatoms. The highest BCUT2D eigenvalue weighted by Crippen LogP contribution is 2.73. The molecule has 1 heterocycles. The van der Waals surface area contributed by atoms with Crippen LogP contribution in [-0.4, -0.2) is 24.7 Å². The number of methoxy groups -OCH3 is 1. The highest BCUT2D eigenvalue weighted by atomic mass is 16.5. The van der Waals surface area contributed by atoms with Gasteiger partial charge in [0, 0.05) is 0 Å². The lowest BCUT2D eigenvalue weighted by Gasteiger charge is -2.35. The molecule has 2 bridgehead atoms. The molecule has 3 aromatic carbocycles. The second-order valence-corrected chi connectivity index (χ2v) is 9.88. The fourth-order valence-electron chi connectivity index (χ4n) is 6.80. The van der Waals surface area contributed by atoms with Crippen LogP contribution >= 0.6 is 0 Å². The lowest BCUT2D eigenvalue weighted by Crippen LogP contribution is -2.40. The van der Waals surface area contributed by atoms with E-state index in [1.54, 1.807) is 31.4 Å². The van der Waals surface area contributed by atoms with E-state index < -0.39 is 22.7 Å². The third kappa shape index (κ3) is 2.55. The molecule has 0 N–H and O–H groups in total. The Bertz CT molecular complexity index is 1330. The van der Waals surface area contributed by atoms with Crippen molar-refractivity contribution in [1.82, 2.24) is 0 Å². The van der Waals surface area contributed by atoms with Gasteiger partial charge in [-0.05, 0) is 60.4 Å². The van der Waals surface area contributed by atoms with Gasteiger partial charge in [0.15, 0.2) is 5.78 Å². The minimum Gasteiger partial charge on any atom is -0.497 e. The molecule has 4 atom stereocenters. The van der Waals surface area contributed by atoms with Crippen LogP contribution in [0, 0.1) is 22.7 Å². The van der Waals surface area contributed by atoms with Crippen molar-refractivity contribution in [3.8, 4) is 5.75 Å². The molecule has 6 rings (SSSR count). The zero-order valence-corrected chi connectivity index (χ0v) is 19.8. The Morgan fingerprint density at radius 3 is 1.49 bits per heavy atom. The Balaban J connectivity index is 1.59. The molecule has 3 aliphatic rings. The third-order valence-electron chi connectivity index (χ3n) is 8.24. The van der Waals surface area contributed by atoms with Crippen molar-refractivity contribution in [3.63, 3.8) is 0 Å². The predicted octanol–water partition coefficient (Wildman–Crippen LogP) is 5.02. The number of anilines is 1. The highest BCUT2D eigenvalue weighted by Gasteiger charge is 2.78. The molecule has 0 aromatic heterocycles. The number of fused-ring (bicyclic) bond motifs is 5. The molecule has 1 saturated carbocycles. The van der Waals surface area contributed by atoms with Crippen molar-refractivity contribution in [2.24, 2.45) is 22.7 Å². The minimum absolute atomic E-state index is 0.0474. The van der Waals surface area contributed by atoms with Crippen molar-refractivity contribution < 1.29 is 19.1 Å². The van der Waals surface area contributed by atoms with E-state index in [2.05, 4.69) is 0 Å². The Hall–Kier alpha value is -3.99. The number of carbonyl (C=O) groups is 3. The van der Waals surface area contributed by atoms with Gasteiger partial charge in [0.2, 0.25) is 11.8 Å². The standard InChI is InChI=1S/C30H25NO4/c1-29-22(18-10-6-4-7-11-18)23(19-12-8-5-9-13-19)30(2,28(29)34)25-24(29)26(32)31(27(25)33)20-14-16-21(35-3)17-15-20/h4-17,24-25H,1-3H3/t24-,25-,29+,30+/m1/s1. The van der Waals surface area contributed by atoms with Crippen LogP contribution in [0.15, 0.2) is 84.9 Å². The monoisotopic (exact) mass is 463 g/mol. The maximum Gasteiger partial charge on any atom is 0.239 e. The van der Waals surface area contributed by atoms with E-state index in [1.165, 1.54) is 4.90 Å². The SMILES string of the molecule is COc1ccc(N2C(=O)[C@H]3[C@H](C2=O)[C@@]2(C)C(=O)[C@@]3(C)C(c3ccccc3)=C2c2ccccc2)cc1. The number of hydrogen-bond donors (Lipinski definition) is 0. The molecule has 2 fully saturated rings. The molecule has 2 amide bonds. The minimum atomic E-state index is -1.11. The van der Waals surface area contributed by atoms with Gasteiger partial charge in [-0.3, -0.25) is 14.4 Å². The summed E-state index contributed by atoms with van der Waals surface area (Å²) in [5, 5.41) is 0. The van der Waals surface area contributed by atoms with Gasteiger partial charge < -0.3 is 4.74 Å². The number of nitrogens with zero attached hydrogens (tertiary/aromatic N) is 1. The van der Waals surface area contributed by atoms with Crippen LogP contribution in [0.3, 0.4) is 0 Å². The summed E-state index contributed by atoms with van der Waals surface area (Å²) in [5.41, 5.74) is 1.81. The van der Waals surface area contributed by atoms with E-state index in [4.69, 9.17) is 4.74 Å². The van der Waals surface area contributed by atoms with Crippen LogP contribution in [0.1, 0.15) is 25.0 Å². The maximum atomic E-state index is 14.2. The van der Waals surface area contributed by atoms with Crippen LogP contribution in [0.2, 0.25) is 0 Å². The molecule has 174 valence electrons. The van der Waals surface area contributed by atoms with E-state index in [1.807, 2.05) is 74.5 Å². The summed E-state index contributed by atoms with van der Waals surface area (Å²) in [7, 11) is 1.57. The second-order valence-electron chi connectivity index (χ2n) is 9.88. The number of ether oxygens (including phenoxy) is 1. The molecular formula is C30H25NO4. The quantitative estimate of drug-likeness (QED) is 0.510. The predicted molar refractivity (Wildman–Crippen MR) is 133 cm³/mol. The average Bonchev–Trinajstić information content (AvgIpc) is 3.34. The molecular weight excluding hydrogens is 438 g/mol. The molecule has 1 aliphatic heterocycles. The molecule has 0 spiro atoms. The largest absolute Gasteiger partial charge is 0.497 e. The Labute approximate surface area is 204 Å². The molecule has 0 radical (unpaired) electrons. The van der Waals surface area contributed by atoms with Crippen molar-refractivity contribution in [3.05, 3.63) is 96.1 Å². The molecule has 35 heavy (non-hydrogen) atoms. The number of carbonyl (C=O) groups excluding carboxylic acids is 3. The zero-order chi connectivity index (χ0) is 24.5. The maximum absolute atomic E-state index is 14.2. The van der Waals surface area contributed by atoms with Gasteiger partial charge in [0.25, 0.3) is 0 Å². The van der Waals surface area contributed by atoms with Gasteiger partial charge >= 0.3 is 0 Å². The number of imide groups is 1. The van der Waals surface area contributed by atoms with Crippen LogP contribution in [0.25, 0.3) is 11.1 Å². The Kier molecular flexibility index (Phi) is 4.46. The first-order valence-electron chi connectivity index (χ1n) is 11.8. The number of ketones is 1. The number of Topliss-reactive ketones (excluding diaryl/α,β-unsaturated/α-hetero) is 1. The first-order valence-corrected chi connectivity index (χ1v) is 11.8. The van der Waals surface area contributed by atoms with Crippen LogP contribution in [0.4, 0.5) is 5.69 Å². The molecule has 3 aromatic rings. The van der Waals surface area contributed by atoms with E-state index in [9.17, 15) is 14.4 Å². The summed E-state index contributed by atoms with van der Waals surface area (Å²) >= 11 is 0. The van der Waals surface area contributed by atoms with Crippen LogP contribution in [-0.2, 0) is 14.4 Å². The van der Waals surface area contributed by atoms with Gasteiger partial charge in [-0.2, -0.15) is 0 Å². The number of allylic oxidation sites excluding steroid dienone is 2. The Morgan fingerprint density at radius 2 is 1.09 bits per heavy atom. The smallest absolute Gasteiger partial charge is 0.239 e. The van der Waals surface area contributed by atoms with Gasteiger partial charge in [-0.1, -0.05) is 60.7 Å². The van der Waals surface area contributed by atoms with Crippen molar-refractivity contribution in [2.45, 2.75) is 13.8 Å². The van der Waals surface area contributed by atoms with Gasteiger partial charge in [0.05, 0.1) is 35.5 Å².